The summed E-state index contributed by atoms with van der Waals surface area (Å²) in [7, 11) is 0. The van der Waals surface area contributed by atoms with Crippen molar-refractivity contribution in [1.82, 2.24) is 0 Å². The molecule has 0 unspecified atom stereocenters. The van der Waals surface area contributed by atoms with Crippen molar-refractivity contribution in [2.45, 2.75) is 260 Å². The first-order chi connectivity index (χ1) is 28.5. The van der Waals surface area contributed by atoms with E-state index in [1.54, 1.807) is 0 Å². The van der Waals surface area contributed by atoms with Gasteiger partial charge in [0.15, 0.2) is 0 Å². The number of nitrogens with zero attached hydrogens (tertiary/aromatic N) is 2. The Kier molecular flexibility index (Phi) is 31.2. The molecule has 0 aromatic heterocycles. The maximum Gasteiger partial charge on any atom is 0.303 e. The molecule has 0 spiro atoms. The molecular weight excluding hydrogens is 701 g/mol. The molecule has 0 radical (unpaired) electrons. The van der Waals surface area contributed by atoms with Crippen molar-refractivity contribution in [1.29, 1.82) is 0 Å². The van der Waals surface area contributed by atoms with Crippen LogP contribution in [-0.4, -0.2) is 10.7 Å². The van der Waals surface area contributed by atoms with E-state index in [1.807, 2.05) is 0 Å². The predicted octanol–water partition coefficient (Wildman–Crippen LogP) is 18.3. The number of hydrogen-bond acceptors (Lipinski definition) is 0. The number of aryl methyl sites for hydroxylation is 4. The first kappa shape index (κ1) is 51.5. The van der Waals surface area contributed by atoms with E-state index >= 15 is 0 Å². The number of rotatable bonds is 37. The highest BCUT2D eigenvalue weighted by molar-refractivity contribution is 5.87. The Balaban J connectivity index is 2.61. The summed E-state index contributed by atoms with van der Waals surface area (Å²) >= 11 is 0. The van der Waals surface area contributed by atoms with Crippen LogP contribution in [0.3, 0.4) is 0 Å². The standard InChI is InChI=1S/C56H92N2/c1-7-13-19-21-23-25-27-29-31-33-37-50-42-51(38-34-32-30-28-26-24-22-20-14-8-2)46-54(45-50)56(55(40-18-12-6)52(47-58-57)39-17-11-5)53-43-48(35-15-9-3)41-49(44-53)36-16-10-4/h41-46H,7-40H2,1-6H3. The van der Waals surface area contributed by atoms with Crippen LogP contribution < -0.4 is 0 Å². The third kappa shape index (κ3) is 22.6. The quantitative estimate of drug-likeness (QED) is 0.0215. The summed E-state index contributed by atoms with van der Waals surface area (Å²) in [6.45, 7) is 13.8. The number of benzene rings is 2. The molecule has 0 amide bonds. The van der Waals surface area contributed by atoms with E-state index in [4.69, 9.17) is 0 Å². The molecule has 2 aromatic carbocycles. The molecule has 0 bridgehead atoms. The summed E-state index contributed by atoms with van der Waals surface area (Å²) in [4.78, 5) is 3.60. The first-order valence-corrected chi connectivity index (χ1v) is 25.5. The molecule has 326 valence electrons. The highest BCUT2D eigenvalue weighted by Gasteiger charge is 2.20. The minimum Gasteiger partial charge on any atom is -0.348 e. The van der Waals surface area contributed by atoms with Gasteiger partial charge in [0.1, 0.15) is 0 Å². The summed E-state index contributed by atoms with van der Waals surface area (Å²) in [5.41, 5.74) is 22.5. The summed E-state index contributed by atoms with van der Waals surface area (Å²) in [5, 5.41) is 0. The van der Waals surface area contributed by atoms with Crippen molar-refractivity contribution in [2.24, 2.45) is 0 Å². The number of unbranched alkanes of at least 4 members (excludes halogenated alkanes) is 22. The minimum absolute atomic E-state index is 0.894. The fourth-order valence-corrected chi connectivity index (χ4v) is 8.77. The average Bonchev–Trinajstić information content (AvgIpc) is 3.23. The van der Waals surface area contributed by atoms with E-state index in [-0.39, 0.29) is 0 Å². The predicted molar refractivity (Wildman–Crippen MR) is 258 cm³/mol. The van der Waals surface area contributed by atoms with E-state index in [0.29, 0.717) is 0 Å². The molecule has 0 atom stereocenters. The number of hydrogen-bond donors (Lipinski definition) is 0. The van der Waals surface area contributed by atoms with Crippen LogP contribution in [0, 0.1) is 0 Å². The largest absolute Gasteiger partial charge is 0.348 e. The monoisotopic (exact) mass is 793 g/mol. The Morgan fingerprint density at radius 1 is 0.379 bits per heavy atom. The third-order valence-corrected chi connectivity index (χ3v) is 12.4. The second kappa shape index (κ2) is 35.1. The van der Waals surface area contributed by atoms with Gasteiger partial charge in [-0.05, 0) is 122 Å². The molecule has 2 rings (SSSR count). The lowest BCUT2D eigenvalue weighted by molar-refractivity contribution is 0.00739. The van der Waals surface area contributed by atoms with E-state index in [9.17, 15) is 5.53 Å². The summed E-state index contributed by atoms with van der Waals surface area (Å²) in [5.74, 6) is 3.16. The van der Waals surface area contributed by atoms with E-state index in [1.165, 1.54) is 199 Å². The molecule has 0 fully saturated rings. The van der Waals surface area contributed by atoms with Crippen molar-refractivity contribution in [3.05, 3.63) is 86.5 Å². The van der Waals surface area contributed by atoms with Crippen molar-refractivity contribution in [2.75, 3.05) is 0 Å². The van der Waals surface area contributed by atoms with Crippen molar-refractivity contribution in [3.8, 4) is 0 Å². The van der Waals surface area contributed by atoms with Gasteiger partial charge in [-0.1, -0.05) is 219 Å². The van der Waals surface area contributed by atoms with E-state index < -0.39 is 0 Å². The summed E-state index contributed by atoms with van der Waals surface area (Å²) in [6.07, 6.45) is 43.1. The van der Waals surface area contributed by atoms with Crippen LogP contribution in [0.2, 0.25) is 0 Å². The molecule has 0 heterocycles. The topological polar surface area (TPSA) is 36.4 Å². The highest BCUT2D eigenvalue weighted by atomic mass is 14.8. The van der Waals surface area contributed by atoms with Gasteiger partial charge in [0.2, 0.25) is 0 Å². The van der Waals surface area contributed by atoms with Gasteiger partial charge in [-0.3, -0.25) is 0 Å². The Morgan fingerprint density at radius 2 is 0.690 bits per heavy atom. The Labute approximate surface area is 361 Å². The molecule has 0 aliphatic heterocycles. The van der Waals surface area contributed by atoms with Gasteiger partial charge in [0.05, 0.1) is 5.57 Å². The molecule has 0 aliphatic carbocycles. The van der Waals surface area contributed by atoms with E-state index in [0.717, 1.165) is 69.8 Å². The van der Waals surface area contributed by atoms with Crippen LogP contribution in [0.25, 0.3) is 11.1 Å². The SMILES string of the molecule is CCCCCCCCCCCCc1cc(CCCCCCCCCCCC)cc(C(=C(CCCC)C(=C=[N+]=[N-])CCCC)c2cc(CCCC)cc(CCCC)c2)c1. The Bertz CT molecular complexity index is 1380. The third-order valence-electron chi connectivity index (χ3n) is 12.4. The fraction of sp³-hybridized carbons (Fsp3) is 0.714. The van der Waals surface area contributed by atoms with Crippen molar-refractivity contribution >= 4 is 11.4 Å². The molecule has 2 heteroatoms. The highest BCUT2D eigenvalue weighted by Crippen LogP contribution is 2.37. The molecule has 0 saturated carbocycles. The molecule has 0 aliphatic rings. The lowest BCUT2D eigenvalue weighted by atomic mass is 9.82. The molecule has 58 heavy (non-hydrogen) atoms. The van der Waals surface area contributed by atoms with Gasteiger partial charge in [-0.25, -0.2) is 0 Å². The molecule has 0 N–H and O–H groups in total. The molecule has 0 saturated heterocycles. The molecule has 2 aromatic rings. The van der Waals surface area contributed by atoms with Crippen LogP contribution in [0.5, 0.6) is 0 Å². The Hall–Kier alpha value is -2.66. The normalized spacial score (nSPS) is 11.8. The average molecular weight is 793 g/mol. The van der Waals surface area contributed by atoms with Gasteiger partial charge >= 0.3 is 5.87 Å². The lowest BCUT2D eigenvalue weighted by Gasteiger charge is -2.21. The zero-order valence-electron chi connectivity index (χ0n) is 39.4. The fourth-order valence-electron chi connectivity index (χ4n) is 8.77. The van der Waals surface area contributed by atoms with Gasteiger partial charge in [-0.2, -0.15) is 0 Å². The van der Waals surface area contributed by atoms with Crippen molar-refractivity contribution < 1.29 is 4.79 Å². The van der Waals surface area contributed by atoms with Crippen LogP contribution in [0.1, 0.15) is 268 Å². The van der Waals surface area contributed by atoms with Crippen LogP contribution in [0.4, 0.5) is 0 Å². The van der Waals surface area contributed by atoms with E-state index in [2.05, 4.69) is 88.6 Å². The van der Waals surface area contributed by atoms with Gasteiger partial charge in [-0.15, -0.1) is 4.79 Å². The minimum atomic E-state index is 0.894. The second-order valence-corrected chi connectivity index (χ2v) is 17.9. The van der Waals surface area contributed by atoms with Gasteiger partial charge in [0, 0.05) is 0 Å². The van der Waals surface area contributed by atoms with Crippen molar-refractivity contribution in [3.63, 3.8) is 0 Å². The zero-order valence-corrected chi connectivity index (χ0v) is 39.4. The summed E-state index contributed by atoms with van der Waals surface area (Å²) in [6, 6.07) is 15.2. The second-order valence-electron chi connectivity index (χ2n) is 17.9. The maximum absolute atomic E-state index is 10.0. The van der Waals surface area contributed by atoms with Gasteiger partial charge < -0.3 is 5.53 Å². The van der Waals surface area contributed by atoms with Crippen LogP contribution >= 0.6 is 0 Å². The lowest BCUT2D eigenvalue weighted by Crippen LogP contribution is -2.04. The Morgan fingerprint density at radius 3 is 1.03 bits per heavy atom. The summed E-state index contributed by atoms with van der Waals surface area (Å²) < 4.78 is 0. The first-order valence-electron chi connectivity index (χ1n) is 25.5. The smallest absolute Gasteiger partial charge is 0.303 e. The molecular formula is C56H92N2. The van der Waals surface area contributed by atoms with Crippen LogP contribution in [0.15, 0.2) is 47.5 Å². The maximum atomic E-state index is 10.0. The van der Waals surface area contributed by atoms with Gasteiger partial charge in [0.25, 0.3) is 0 Å². The molecule has 2 nitrogen and oxygen atoms in total. The zero-order chi connectivity index (χ0) is 41.9. The van der Waals surface area contributed by atoms with Crippen LogP contribution in [-0.2, 0) is 25.7 Å². The number of allylic oxidation sites excluding steroid dienone is 2.